The number of hydrogen-bond donors (Lipinski definition) is 0. The van der Waals surface area contributed by atoms with E-state index in [-0.39, 0.29) is 5.92 Å². The van der Waals surface area contributed by atoms with Crippen LogP contribution in [0.15, 0.2) is 29.6 Å². The van der Waals surface area contributed by atoms with Gasteiger partial charge in [-0.15, -0.1) is 11.3 Å². The number of aldehydes is 1. The van der Waals surface area contributed by atoms with Crippen molar-refractivity contribution >= 4 is 17.6 Å². The molecule has 2 aromatic rings. The molecule has 0 saturated heterocycles. The molecule has 2 rings (SSSR count). The largest absolute Gasteiger partial charge is 0.303 e. The highest BCUT2D eigenvalue weighted by Gasteiger charge is 2.14. The van der Waals surface area contributed by atoms with Crippen molar-refractivity contribution in [2.45, 2.75) is 32.6 Å². The zero-order chi connectivity index (χ0) is 13.0. The van der Waals surface area contributed by atoms with E-state index in [4.69, 9.17) is 0 Å². The highest BCUT2D eigenvalue weighted by molar-refractivity contribution is 7.09. The number of rotatable bonds is 5. The number of aryl methyl sites for hydroxylation is 2. The van der Waals surface area contributed by atoms with Crippen LogP contribution in [0.5, 0.6) is 0 Å². The minimum atomic E-state index is -0.115. The Morgan fingerprint density at radius 2 is 1.94 bits per heavy atom. The fourth-order valence-corrected chi connectivity index (χ4v) is 2.76. The third-order valence-corrected chi connectivity index (χ3v) is 4.10. The Kier molecular flexibility index (Phi) is 4.26. The van der Waals surface area contributed by atoms with Crippen LogP contribution in [0.2, 0.25) is 0 Å². The van der Waals surface area contributed by atoms with Crippen LogP contribution >= 0.6 is 11.3 Å². The van der Waals surface area contributed by atoms with Gasteiger partial charge in [0.2, 0.25) is 0 Å². The summed E-state index contributed by atoms with van der Waals surface area (Å²) in [6.07, 6.45) is 2.79. The second-order valence-electron chi connectivity index (χ2n) is 4.44. The molecule has 0 aliphatic heterocycles. The Bertz CT molecular complexity index is 516. The van der Waals surface area contributed by atoms with Crippen LogP contribution in [0.3, 0.4) is 0 Å². The van der Waals surface area contributed by atoms with Crippen molar-refractivity contribution in [3.05, 3.63) is 51.5 Å². The molecular formula is C15H17NOS. The van der Waals surface area contributed by atoms with E-state index in [1.54, 1.807) is 11.3 Å². The lowest BCUT2D eigenvalue weighted by Gasteiger charge is -2.07. The summed E-state index contributed by atoms with van der Waals surface area (Å²) >= 11 is 1.57. The first-order valence-corrected chi connectivity index (χ1v) is 7.06. The fraction of sp³-hybridized carbons (Fsp3) is 0.333. The number of carbonyl (C=O) groups excluding carboxylic acids is 1. The summed E-state index contributed by atoms with van der Waals surface area (Å²) in [5.74, 6) is -0.115. The van der Waals surface area contributed by atoms with Crippen molar-refractivity contribution in [1.82, 2.24) is 4.98 Å². The predicted octanol–water partition coefficient (Wildman–Crippen LogP) is 3.54. The Balaban J connectivity index is 2.12. The molecule has 3 heteroatoms. The van der Waals surface area contributed by atoms with Crippen LogP contribution in [0.1, 0.15) is 34.7 Å². The molecule has 0 bridgehead atoms. The molecule has 0 saturated carbocycles. The van der Waals surface area contributed by atoms with Crippen molar-refractivity contribution in [3.63, 3.8) is 0 Å². The molecule has 0 amide bonds. The van der Waals surface area contributed by atoms with Gasteiger partial charge < -0.3 is 4.79 Å². The first-order valence-electron chi connectivity index (χ1n) is 6.18. The van der Waals surface area contributed by atoms with Crippen molar-refractivity contribution in [1.29, 1.82) is 0 Å². The summed E-state index contributed by atoms with van der Waals surface area (Å²) in [6.45, 7) is 4.10. The van der Waals surface area contributed by atoms with Gasteiger partial charge in [-0.05, 0) is 30.9 Å². The van der Waals surface area contributed by atoms with Crippen LogP contribution in [0, 0.1) is 6.92 Å². The smallest absolute Gasteiger partial charge is 0.130 e. The van der Waals surface area contributed by atoms with Gasteiger partial charge in [-0.1, -0.05) is 31.2 Å². The molecule has 1 aromatic carbocycles. The molecule has 0 radical (unpaired) electrons. The maximum absolute atomic E-state index is 11.2. The second-order valence-corrected chi connectivity index (χ2v) is 5.33. The zero-order valence-corrected chi connectivity index (χ0v) is 11.5. The summed E-state index contributed by atoms with van der Waals surface area (Å²) < 4.78 is 0. The average molecular weight is 259 g/mol. The standard InChI is InChI=1S/C15H17NOS/c1-3-12-4-6-13(7-5-12)8-14(9-17)15-16-11(2)10-18-15/h4-7,9-10,14H,3,8H2,1-2H3. The van der Waals surface area contributed by atoms with Gasteiger partial charge in [0.15, 0.2) is 0 Å². The predicted molar refractivity (Wildman–Crippen MR) is 75.2 cm³/mol. The lowest BCUT2D eigenvalue weighted by Crippen LogP contribution is -2.04. The first-order chi connectivity index (χ1) is 8.72. The topological polar surface area (TPSA) is 30.0 Å². The lowest BCUT2D eigenvalue weighted by atomic mass is 10.00. The number of hydrogen-bond acceptors (Lipinski definition) is 3. The van der Waals surface area contributed by atoms with E-state index in [2.05, 4.69) is 36.2 Å². The van der Waals surface area contributed by atoms with Crippen molar-refractivity contribution in [2.24, 2.45) is 0 Å². The Hall–Kier alpha value is -1.48. The van der Waals surface area contributed by atoms with Crippen molar-refractivity contribution in [2.75, 3.05) is 0 Å². The molecule has 18 heavy (non-hydrogen) atoms. The number of nitrogens with zero attached hydrogens (tertiary/aromatic N) is 1. The number of carbonyl (C=O) groups is 1. The first kappa shape index (κ1) is 13.0. The van der Waals surface area contributed by atoms with Gasteiger partial charge in [-0.25, -0.2) is 4.98 Å². The van der Waals surface area contributed by atoms with E-state index in [0.29, 0.717) is 0 Å². The minimum absolute atomic E-state index is 0.115. The minimum Gasteiger partial charge on any atom is -0.303 e. The van der Waals surface area contributed by atoms with E-state index in [1.807, 2.05) is 12.3 Å². The summed E-state index contributed by atoms with van der Waals surface area (Å²) in [4.78, 5) is 15.6. The van der Waals surface area contributed by atoms with Gasteiger partial charge >= 0.3 is 0 Å². The average Bonchev–Trinajstić information content (AvgIpc) is 2.83. The highest BCUT2D eigenvalue weighted by atomic mass is 32.1. The quantitative estimate of drug-likeness (QED) is 0.769. The highest BCUT2D eigenvalue weighted by Crippen LogP contribution is 2.22. The van der Waals surface area contributed by atoms with E-state index < -0.39 is 0 Å². The number of aromatic nitrogens is 1. The third-order valence-electron chi connectivity index (χ3n) is 3.01. The van der Waals surface area contributed by atoms with Crippen molar-refractivity contribution in [3.8, 4) is 0 Å². The molecule has 0 fully saturated rings. The SMILES string of the molecule is CCc1ccc(CC(C=O)c2nc(C)cs2)cc1. The zero-order valence-electron chi connectivity index (χ0n) is 10.7. The van der Waals surface area contributed by atoms with E-state index >= 15 is 0 Å². The third kappa shape index (κ3) is 3.05. The van der Waals surface area contributed by atoms with Gasteiger partial charge in [-0.2, -0.15) is 0 Å². The maximum Gasteiger partial charge on any atom is 0.130 e. The Morgan fingerprint density at radius 1 is 1.28 bits per heavy atom. The van der Waals surface area contributed by atoms with E-state index in [0.717, 1.165) is 29.8 Å². The number of benzene rings is 1. The van der Waals surface area contributed by atoms with Crippen molar-refractivity contribution < 1.29 is 4.79 Å². The molecule has 2 nitrogen and oxygen atoms in total. The van der Waals surface area contributed by atoms with Gasteiger partial charge in [0.25, 0.3) is 0 Å². The van der Waals surface area contributed by atoms with Gasteiger partial charge in [0.05, 0.1) is 5.92 Å². The van der Waals surface area contributed by atoms with Gasteiger partial charge in [0.1, 0.15) is 11.3 Å². The summed E-state index contributed by atoms with van der Waals surface area (Å²) in [5.41, 5.74) is 3.51. The summed E-state index contributed by atoms with van der Waals surface area (Å²) in [7, 11) is 0. The molecule has 1 heterocycles. The Morgan fingerprint density at radius 3 is 2.44 bits per heavy atom. The molecule has 1 aromatic heterocycles. The maximum atomic E-state index is 11.2. The number of thiazole rings is 1. The van der Waals surface area contributed by atoms with Gasteiger partial charge in [0, 0.05) is 11.1 Å². The second kappa shape index (κ2) is 5.91. The summed E-state index contributed by atoms with van der Waals surface area (Å²) in [5, 5.41) is 2.91. The normalized spacial score (nSPS) is 12.3. The molecule has 0 spiro atoms. The monoisotopic (exact) mass is 259 g/mol. The molecule has 1 unspecified atom stereocenters. The van der Waals surface area contributed by atoms with E-state index in [1.165, 1.54) is 11.1 Å². The van der Waals surface area contributed by atoms with Crippen LogP contribution in [-0.2, 0) is 17.6 Å². The molecule has 0 aliphatic carbocycles. The van der Waals surface area contributed by atoms with Crippen LogP contribution in [-0.4, -0.2) is 11.3 Å². The Labute approximate surface area is 112 Å². The van der Waals surface area contributed by atoms with Gasteiger partial charge in [-0.3, -0.25) is 0 Å². The molecule has 0 aliphatic rings. The molecule has 94 valence electrons. The van der Waals surface area contributed by atoms with Crippen LogP contribution in [0.25, 0.3) is 0 Å². The molecule has 1 atom stereocenters. The molecular weight excluding hydrogens is 242 g/mol. The van der Waals surface area contributed by atoms with Crippen LogP contribution in [0.4, 0.5) is 0 Å². The fourth-order valence-electron chi connectivity index (χ4n) is 1.90. The van der Waals surface area contributed by atoms with E-state index in [9.17, 15) is 4.79 Å². The van der Waals surface area contributed by atoms with Crippen LogP contribution < -0.4 is 0 Å². The summed E-state index contributed by atoms with van der Waals surface area (Å²) in [6, 6.07) is 8.47. The molecule has 0 N–H and O–H groups in total. The lowest BCUT2D eigenvalue weighted by molar-refractivity contribution is -0.109.